The molecule has 0 saturated carbocycles. The number of rotatable bonds is 8. The molecule has 0 aliphatic rings. The Bertz CT molecular complexity index is 655. The minimum atomic E-state index is 0.594. The smallest absolute Gasteiger partial charge is 0.190 e. The van der Waals surface area contributed by atoms with Gasteiger partial charge in [0.25, 0.3) is 0 Å². The van der Waals surface area contributed by atoms with Crippen molar-refractivity contribution in [2.75, 3.05) is 20.1 Å². The van der Waals surface area contributed by atoms with E-state index in [0.717, 1.165) is 38.3 Å². The predicted octanol–water partition coefficient (Wildman–Crippen LogP) is 2.88. The van der Waals surface area contributed by atoms with Crippen LogP contribution in [-0.4, -0.2) is 35.9 Å². The minimum absolute atomic E-state index is 0.594. The molecule has 0 spiro atoms. The van der Waals surface area contributed by atoms with Crippen molar-refractivity contribution < 1.29 is 0 Å². The maximum atomic E-state index is 4.27. The number of aliphatic imine (C=N–C) groups is 1. The van der Waals surface area contributed by atoms with Crippen LogP contribution < -0.4 is 10.6 Å². The first-order chi connectivity index (χ1) is 12.1. The lowest BCUT2D eigenvalue weighted by molar-refractivity contribution is 0.738. The van der Waals surface area contributed by atoms with Gasteiger partial charge in [-0.3, -0.25) is 9.67 Å². The fraction of sp³-hybridized carbons (Fsp3) is 0.500. The lowest BCUT2D eigenvalue weighted by atomic mass is 10.0. The Labute approximate surface area is 151 Å². The summed E-state index contributed by atoms with van der Waals surface area (Å²) in [5.74, 6) is 1.45. The molecule has 0 radical (unpaired) electrons. The summed E-state index contributed by atoms with van der Waals surface area (Å²) in [7, 11) is 3.75. The largest absolute Gasteiger partial charge is 0.356 e. The fourth-order valence-electron chi connectivity index (χ4n) is 2.72. The van der Waals surface area contributed by atoms with Crippen LogP contribution in [0, 0.1) is 0 Å². The summed E-state index contributed by atoms with van der Waals surface area (Å²) in [5, 5.41) is 10.9. The predicted molar refractivity (Wildman–Crippen MR) is 105 cm³/mol. The lowest BCUT2D eigenvalue weighted by Crippen LogP contribution is -2.38. The molecule has 1 heterocycles. The lowest BCUT2D eigenvalue weighted by Gasteiger charge is -2.12. The van der Waals surface area contributed by atoms with E-state index < -0.39 is 0 Å². The summed E-state index contributed by atoms with van der Waals surface area (Å²) in [6, 6.07) is 8.98. The molecular weight excluding hydrogens is 310 g/mol. The zero-order valence-electron chi connectivity index (χ0n) is 15.9. The molecular formula is C20H31N5. The van der Waals surface area contributed by atoms with Gasteiger partial charge in [-0.05, 0) is 41.9 Å². The highest BCUT2D eigenvalue weighted by atomic mass is 15.2. The van der Waals surface area contributed by atoms with Gasteiger partial charge in [0.15, 0.2) is 5.96 Å². The van der Waals surface area contributed by atoms with Crippen molar-refractivity contribution in [1.82, 2.24) is 20.4 Å². The highest BCUT2D eigenvalue weighted by Gasteiger charge is 2.01. The van der Waals surface area contributed by atoms with Crippen molar-refractivity contribution in [3.63, 3.8) is 0 Å². The van der Waals surface area contributed by atoms with E-state index in [1.54, 1.807) is 0 Å². The van der Waals surface area contributed by atoms with Crippen LogP contribution in [-0.2, 0) is 19.9 Å². The van der Waals surface area contributed by atoms with E-state index in [9.17, 15) is 0 Å². The molecule has 0 aliphatic carbocycles. The zero-order chi connectivity index (χ0) is 18.1. The summed E-state index contributed by atoms with van der Waals surface area (Å²) < 4.78 is 1.83. The first kappa shape index (κ1) is 19.0. The van der Waals surface area contributed by atoms with Crippen LogP contribution >= 0.6 is 0 Å². The van der Waals surface area contributed by atoms with Crippen LogP contribution in [0.25, 0.3) is 0 Å². The van der Waals surface area contributed by atoms with E-state index >= 15 is 0 Å². The molecule has 0 atom stereocenters. The molecule has 2 N–H and O–H groups in total. The van der Waals surface area contributed by atoms with Gasteiger partial charge in [0.05, 0.1) is 6.20 Å². The van der Waals surface area contributed by atoms with Crippen molar-refractivity contribution in [3.8, 4) is 0 Å². The minimum Gasteiger partial charge on any atom is -0.356 e. The van der Waals surface area contributed by atoms with Gasteiger partial charge >= 0.3 is 0 Å². The van der Waals surface area contributed by atoms with E-state index in [2.05, 4.69) is 58.8 Å². The topological polar surface area (TPSA) is 54.2 Å². The van der Waals surface area contributed by atoms with Crippen LogP contribution in [0.15, 0.2) is 41.7 Å². The van der Waals surface area contributed by atoms with Crippen LogP contribution in [0.5, 0.6) is 0 Å². The van der Waals surface area contributed by atoms with E-state index in [1.807, 2.05) is 31.2 Å². The highest BCUT2D eigenvalue weighted by molar-refractivity contribution is 5.79. The van der Waals surface area contributed by atoms with Gasteiger partial charge in [-0.15, -0.1) is 0 Å². The molecule has 0 amide bonds. The monoisotopic (exact) mass is 341 g/mol. The zero-order valence-corrected chi connectivity index (χ0v) is 15.9. The van der Waals surface area contributed by atoms with Crippen molar-refractivity contribution in [1.29, 1.82) is 0 Å². The molecule has 0 aliphatic heterocycles. The summed E-state index contributed by atoms with van der Waals surface area (Å²) >= 11 is 0. The quantitative estimate of drug-likeness (QED) is 0.441. The first-order valence-electron chi connectivity index (χ1n) is 9.09. The average Bonchev–Trinajstić information content (AvgIpc) is 3.02. The Morgan fingerprint density at radius 2 is 1.80 bits per heavy atom. The van der Waals surface area contributed by atoms with Gasteiger partial charge in [0.2, 0.25) is 0 Å². The summed E-state index contributed by atoms with van der Waals surface area (Å²) in [4.78, 5) is 4.27. The van der Waals surface area contributed by atoms with Gasteiger partial charge in [-0.2, -0.15) is 5.10 Å². The van der Waals surface area contributed by atoms with Gasteiger partial charge in [-0.1, -0.05) is 38.1 Å². The Kier molecular flexibility index (Phi) is 7.51. The third kappa shape index (κ3) is 6.61. The molecule has 0 bridgehead atoms. The number of nitrogens with one attached hydrogen (secondary N) is 2. The Morgan fingerprint density at radius 3 is 2.40 bits per heavy atom. The second-order valence-corrected chi connectivity index (χ2v) is 6.70. The summed E-state index contributed by atoms with van der Waals surface area (Å²) in [6.07, 6.45) is 7.06. The third-order valence-corrected chi connectivity index (χ3v) is 4.27. The Balaban J connectivity index is 1.63. The maximum absolute atomic E-state index is 4.27. The Morgan fingerprint density at radius 1 is 1.08 bits per heavy atom. The molecule has 2 aromatic rings. The van der Waals surface area contributed by atoms with Gasteiger partial charge in [0.1, 0.15) is 0 Å². The van der Waals surface area contributed by atoms with E-state index in [4.69, 9.17) is 0 Å². The molecule has 0 saturated heterocycles. The molecule has 2 rings (SSSR count). The van der Waals surface area contributed by atoms with Crippen LogP contribution in [0.1, 0.15) is 42.9 Å². The van der Waals surface area contributed by atoms with Crippen LogP contribution in [0.4, 0.5) is 0 Å². The van der Waals surface area contributed by atoms with Crippen LogP contribution in [0.2, 0.25) is 0 Å². The second-order valence-electron chi connectivity index (χ2n) is 6.70. The Hall–Kier alpha value is -2.30. The average molecular weight is 342 g/mol. The van der Waals surface area contributed by atoms with Crippen molar-refractivity contribution in [3.05, 3.63) is 53.3 Å². The molecule has 0 fully saturated rings. The summed E-state index contributed by atoms with van der Waals surface area (Å²) in [6.45, 7) is 6.22. The third-order valence-electron chi connectivity index (χ3n) is 4.27. The number of aromatic nitrogens is 2. The molecule has 1 aromatic carbocycles. The standard InChI is InChI=1S/C20H31N5/c1-16(2)19-9-7-17(8-10-19)6-5-12-22-20(21-3)23-13-11-18-14-24-25(4)15-18/h7-10,14-16H,5-6,11-13H2,1-4H3,(H2,21,22,23). The van der Waals surface area contributed by atoms with E-state index in [0.29, 0.717) is 5.92 Å². The number of hydrogen-bond donors (Lipinski definition) is 2. The van der Waals surface area contributed by atoms with E-state index in [-0.39, 0.29) is 0 Å². The maximum Gasteiger partial charge on any atom is 0.190 e. The molecule has 1 aromatic heterocycles. The van der Waals surface area contributed by atoms with Gasteiger partial charge < -0.3 is 10.6 Å². The van der Waals surface area contributed by atoms with Gasteiger partial charge in [-0.25, -0.2) is 0 Å². The molecule has 5 nitrogen and oxygen atoms in total. The van der Waals surface area contributed by atoms with Crippen molar-refractivity contribution in [2.24, 2.45) is 12.0 Å². The number of aryl methyl sites for hydroxylation is 2. The normalized spacial score (nSPS) is 11.8. The number of hydrogen-bond acceptors (Lipinski definition) is 2. The second kappa shape index (κ2) is 9.87. The molecule has 5 heteroatoms. The number of benzene rings is 1. The van der Waals surface area contributed by atoms with Crippen molar-refractivity contribution >= 4 is 5.96 Å². The SMILES string of the molecule is CN=C(NCCCc1ccc(C(C)C)cc1)NCCc1cnn(C)c1. The first-order valence-corrected chi connectivity index (χ1v) is 9.09. The van der Waals surface area contributed by atoms with Crippen molar-refractivity contribution in [2.45, 2.75) is 39.0 Å². The molecule has 25 heavy (non-hydrogen) atoms. The highest BCUT2D eigenvalue weighted by Crippen LogP contribution is 2.15. The van der Waals surface area contributed by atoms with E-state index in [1.165, 1.54) is 16.7 Å². The number of nitrogens with zero attached hydrogens (tertiary/aromatic N) is 3. The van der Waals surface area contributed by atoms with Gasteiger partial charge in [0, 0.05) is 33.4 Å². The number of guanidine groups is 1. The fourth-order valence-corrected chi connectivity index (χ4v) is 2.72. The molecule has 0 unspecified atom stereocenters. The van der Waals surface area contributed by atoms with Crippen LogP contribution in [0.3, 0.4) is 0 Å². The summed E-state index contributed by atoms with van der Waals surface area (Å²) in [5.41, 5.74) is 4.03. The molecule has 136 valence electrons.